The van der Waals surface area contributed by atoms with Crippen molar-refractivity contribution >= 4 is 29.1 Å². The summed E-state index contributed by atoms with van der Waals surface area (Å²) >= 11 is 1.55. The summed E-state index contributed by atoms with van der Waals surface area (Å²) in [5, 5.41) is 4.09. The Morgan fingerprint density at radius 1 is 1.09 bits per heavy atom. The van der Waals surface area contributed by atoms with Crippen molar-refractivity contribution in [1.82, 2.24) is 9.88 Å². The molecule has 0 radical (unpaired) electrons. The quantitative estimate of drug-likeness (QED) is 0.331. The van der Waals surface area contributed by atoms with Crippen molar-refractivity contribution in [2.75, 3.05) is 18.4 Å². The van der Waals surface area contributed by atoms with Crippen molar-refractivity contribution in [3.63, 3.8) is 0 Å². The average molecular weight is 466 g/mol. The maximum atomic E-state index is 13.4. The Morgan fingerprint density at radius 3 is 2.41 bits per heavy atom. The summed E-state index contributed by atoms with van der Waals surface area (Å²) < 4.78 is 0. The first-order chi connectivity index (χ1) is 16.7. The lowest BCUT2D eigenvalue weighted by atomic mass is 10.1. The fourth-order valence-corrected chi connectivity index (χ4v) is 5.25. The van der Waals surface area contributed by atoms with Gasteiger partial charge in [0.2, 0.25) is 5.91 Å². The van der Waals surface area contributed by atoms with Gasteiger partial charge in [-0.25, -0.2) is 4.98 Å². The van der Waals surface area contributed by atoms with Crippen LogP contribution in [0.1, 0.15) is 34.8 Å². The van der Waals surface area contributed by atoms with Gasteiger partial charge < -0.3 is 10.2 Å². The summed E-state index contributed by atoms with van der Waals surface area (Å²) in [5.74, 6) is 6.51. The Labute approximate surface area is 205 Å². The Morgan fingerprint density at radius 2 is 1.76 bits per heavy atom. The van der Waals surface area contributed by atoms with E-state index in [1.165, 1.54) is 0 Å². The molecular formula is C29H27N3OS. The topological polar surface area (TPSA) is 45.2 Å². The molecule has 170 valence electrons. The van der Waals surface area contributed by atoms with E-state index in [1.54, 1.807) is 11.8 Å². The number of carbonyl (C=O) groups excluding carboxylic acids is 1. The predicted molar refractivity (Wildman–Crippen MR) is 139 cm³/mol. The third-order valence-electron chi connectivity index (χ3n) is 6.01. The lowest BCUT2D eigenvalue weighted by Crippen LogP contribution is -2.31. The van der Waals surface area contributed by atoms with E-state index in [1.807, 2.05) is 71.8 Å². The third kappa shape index (κ3) is 5.35. The number of thioether (sulfide) groups is 1. The summed E-state index contributed by atoms with van der Waals surface area (Å²) in [6, 6.07) is 22.3. The standard InChI is InChI=1S/C29H27N3OS/c1-21-18-24(26(19-22-14-15-22)31-25-12-6-3-7-13-25)20-30-28(21)34-27(23-10-4-2-5-11-23)29(33)32-16-8-9-17-32/h2-7,10-13,18-20,22,27,31H,8-9,16-17H2,1H3/b26-19-. The molecule has 4 nitrogen and oxygen atoms in total. The fourth-order valence-electron chi connectivity index (χ4n) is 4.12. The van der Waals surface area contributed by atoms with E-state index in [4.69, 9.17) is 4.98 Å². The van der Waals surface area contributed by atoms with Crippen LogP contribution in [0.15, 0.2) is 84.0 Å². The molecule has 0 spiro atoms. The third-order valence-corrected chi connectivity index (χ3v) is 7.37. The number of carbonyl (C=O) groups is 1. The highest BCUT2D eigenvalue weighted by molar-refractivity contribution is 8.00. The van der Waals surface area contributed by atoms with Crippen LogP contribution in [0.4, 0.5) is 5.69 Å². The number of hydrogen-bond acceptors (Lipinski definition) is 4. The van der Waals surface area contributed by atoms with Gasteiger partial charge >= 0.3 is 0 Å². The van der Waals surface area contributed by atoms with Crippen LogP contribution >= 0.6 is 11.8 Å². The molecule has 3 aromatic rings. The van der Waals surface area contributed by atoms with Gasteiger partial charge in [0.05, 0.1) is 5.03 Å². The van der Waals surface area contributed by atoms with Crippen LogP contribution < -0.4 is 5.32 Å². The summed E-state index contributed by atoms with van der Waals surface area (Å²) in [6.07, 6.45) is 6.16. The second-order valence-electron chi connectivity index (χ2n) is 8.62. The zero-order chi connectivity index (χ0) is 23.3. The van der Waals surface area contributed by atoms with E-state index in [-0.39, 0.29) is 17.1 Å². The Kier molecular flexibility index (Phi) is 6.69. The molecule has 1 amide bonds. The summed E-state index contributed by atoms with van der Waals surface area (Å²) in [4.78, 5) is 20.2. The van der Waals surface area contributed by atoms with Crippen molar-refractivity contribution in [3.05, 3.63) is 95.7 Å². The predicted octanol–water partition coefficient (Wildman–Crippen LogP) is 5.93. The molecule has 1 unspecified atom stereocenters. The number of para-hydroxylation sites is 1. The number of pyridine rings is 1. The molecule has 1 fully saturated rings. The van der Waals surface area contributed by atoms with Gasteiger partial charge in [0, 0.05) is 36.2 Å². The Balaban J connectivity index is 1.40. The van der Waals surface area contributed by atoms with Crippen LogP contribution in [0.3, 0.4) is 0 Å². The summed E-state index contributed by atoms with van der Waals surface area (Å²) in [6.45, 7) is 3.75. The van der Waals surface area contributed by atoms with Gasteiger partial charge in [0.1, 0.15) is 11.2 Å². The van der Waals surface area contributed by atoms with Crippen LogP contribution in [0.25, 0.3) is 5.70 Å². The summed E-state index contributed by atoms with van der Waals surface area (Å²) in [7, 11) is 0. The lowest BCUT2D eigenvalue weighted by Gasteiger charge is -2.23. The minimum atomic E-state index is -0.298. The lowest BCUT2D eigenvalue weighted by molar-refractivity contribution is -0.129. The highest BCUT2D eigenvalue weighted by atomic mass is 32.2. The molecule has 1 aromatic heterocycles. The van der Waals surface area contributed by atoms with Gasteiger partial charge in [-0.15, -0.1) is 0 Å². The molecule has 2 aliphatic rings. The Bertz CT molecular complexity index is 1250. The van der Waals surface area contributed by atoms with E-state index in [0.717, 1.165) is 59.0 Å². The SMILES string of the molecule is Cc1cc(/C(=C/C2C#C2)Nc2ccccc2)cnc1SC(C(=O)N1CCCC1)c1ccccc1. The highest BCUT2D eigenvalue weighted by Gasteiger charge is 2.29. The monoisotopic (exact) mass is 465 g/mol. The smallest absolute Gasteiger partial charge is 0.240 e. The number of aryl methyl sites for hydroxylation is 1. The van der Waals surface area contributed by atoms with Crippen LogP contribution in [0.2, 0.25) is 0 Å². The van der Waals surface area contributed by atoms with Gasteiger partial charge in [-0.1, -0.05) is 72.1 Å². The molecular weight excluding hydrogens is 438 g/mol. The number of nitrogens with zero attached hydrogens (tertiary/aromatic N) is 2. The zero-order valence-electron chi connectivity index (χ0n) is 19.2. The van der Waals surface area contributed by atoms with Gasteiger partial charge in [-0.2, -0.15) is 0 Å². The van der Waals surface area contributed by atoms with E-state index in [9.17, 15) is 4.79 Å². The maximum Gasteiger partial charge on any atom is 0.240 e. The van der Waals surface area contributed by atoms with Crippen molar-refractivity contribution in [2.45, 2.75) is 30.0 Å². The Hall–Kier alpha value is -3.49. The normalized spacial score (nSPS) is 16.0. The number of hydrogen-bond donors (Lipinski definition) is 1. The second-order valence-corrected chi connectivity index (χ2v) is 9.72. The molecule has 1 atom stereocenters. The molecule has 1 aliphatic heterocycles. The summed E-state index contributed by atoms with van der Waals surface area (Å²) in [5.41, 5.74) is 5.07. The van der Waals surface area contributed by atoms with Gasteiger partial charge in [-0.05, 0) is 55.2 Å². The van der Waals surface area contributed by atoms with E-state index < -0.39 is 0 Å². The van der Waals surface area contributed by atoms with Crippen LogP contribution in [0.5, 0.6) is 0 Å². The first kappa shape index (κ1) is 22.3. The molecule has 5 rings (SSSR count). The largest absolute Gasteiger partial charge is 0.355 e. The number of anilines is 1. The van der Waals surface area contributed by atoms with Crippen LogP contribution in [0, 0.1) is 24.7 Å². The fraction of sp³-hybridized carbons (Fsp3) is 0.241. The van der Waals surface area contributed by atoms with E-state index >= 15 is 0 Å². The molecule has 34 heavy (non-hydrogen) atoms. The molecule has 1 aliphatic carbocycles. The molecule has 0 saturated carbocycles. The minimum absolute atomic E-state index is 0.140. The second kappa shape index (κ2) is 10.2. The first-order valence-corrected chi connectivity index (χ1v) is 12.6. The van der Waals surface area contributed by atoms with Crippen LogP contribution in [-0.4, -0.2) is 28.9 Å². The van der Waals surface area contributed by atoms with Gasteiger partial charge in [0.15, 0.2) is 0 Å². The van der Waals surface area contributed by atoms with E-state index in [0.29, 0.717) is 0 Å². The molecule has 2 heterocycles. The number of nitrogens with one attached hydrogen (secondary N) is 1. The van der Waals surface area contributed by atoms with E-state index in [2.05, 4.69) is 36.2 Å². The highest BCUT2D eigenvalue weighted by Crippen LogP contribution is 2.38. The molecule has 1 N–H and O–H groups in total. The van der Waals surface area contributed by atoms with Crippen LogP contribution in [-0.2, 0) is 4.79 Å². The number of likely N-dealkylation sites (tertiary alicyclic amines) is 1. The minimum Gasteiger partial charge on any atom is -0.355 e. The average Bonchev–Trinajstić information content (AvgIpc) is 3.52. The molecule has 0 bridgehead atoms. The maximum absolute atomic E-state index is 13.4. The van der Waals surface area contributed by atoms with Crippen molar-refractivity contribution in [2.24, 2.45) is 5.92 Å². The molecule has 2 aromatic carbocycles. The molecule has 5 heteroatoms. The first-order valence-electron chi connectivity index (χ1n) is 11.7. The number of amides is 1. The van der Waals surface area contributed by atoms with Gasteiger partial charge in [0.25, 0.3) is 0 Å². The zero-order valence-corrected chi connectivity index (χ0v) is 20.0. The molecule has 1 saturated heterocycles. The van der Waals surface area contributed by atoms with Crippen molar-refractivity contribution < 1.29 is 4.79 Å². The number of benzene rings is 2. The number of aromatic nitrogens is 1. The number of rotatable bonds is 8. The van der Waals surface area contributed by atoms with Crippen molar-refractivity contribution in [1.29, 1.82) is 0 Å². The van der Waals surface area contributed by atoms with Crippen molar-refractivity contribution in [3.8, 4) is 11.8 Å². The van der Waals surface area contributed by atoms with Gasteiger partial charge in [-0.3, -0.25) is 4.79 Å². The number of allylic oxidation sites excluding steroid dienone is 1.